The summed E-state index contributed by atoms with van der Waals surface area (Å²) < 4.78 is 18.2. The van der Waals surface area contributed by atoms with E-state index >= 15 is 0 Å². The molecule has 0 bridgehead atoms. The SMILES string of the molecule is Cc1ccc(N)cc1SCCOc1ccc(F)cc1. The molecule has 100 valence electrons. The molecule has 2 nitrogen and oxygen atoms in total. The first-order valence-electron chi connectivity index (χ1n) is 6.02. The number of nitrogen functional groups attached to an aromatic ring is 1. The first kappa shape index (κ1) is 13.7. The van der Waals surface area contributed by atoms with Crippen LogP contribution in [0, 0.1) is 12.7 Å². The van der Waals surface area contributed by atoms with Crippen molar-refractivity contribution in [2.24, 2.45) is 0 Å². The summed E-state index contributed by atoms with van der Waals surface area (Å²) in [6.07, 6.45) is 0. The van der Waals surface area contributed by atoms with E-state index in [9.17, 15) is 4.39 Å². The van der Waals surface area contributed by atoms with Crippen molar-refractivity contribution in [3.63, 3.8) is 0 Å². The van der Waals surface area contributed by atoms with Crippen LogP contribution in [0.1, 0.15) is 5.56 Å². The first-order valence-corrected chi connectivity index (χ1v) is 7.01. The molecule has 0 aliphatic carbocycles. The molecule has 0 aliphatic rings. The van der Waals surface area contributed by atoms with E-state index in [-0.39, 0.29) is 5.82 Å². The maximum Gasteiger partial charge on any atom is 0.123 e. The normalized spacial score (nSPS) is 10.4. The van der Waals surface area contributed by atoms with Crippen molar-refractivity contribution in [3.8, 4) is 5.75 Å². The number of hydrogen-bond donors (Lipinski definition) is 1. The fraction of sp³-hybridized carbons (Fsp3) is 0.200. The molecule has 0 aromatic heterocycles. The van der Waals surface area contributed by atoms with Gasteiger partial charge >= 0.3 is 0 Å². The summed E-state index contributed by atoms with van der Waals surface area (Å²) in [5.74, 6) is 1.25. The Labute approximate surface area is 116 Å². The van der Waals surface area contributed by atoms with E-state index in [1.54, 1.807) is 23.9 Å². The lowest BCUT2D eigenvalue weighted by Crippen LogP contribution is -2.00. The zero-order valence-electron chi connectivity index (χ0n) is 10.7. The van der Waals surface area contributed by atoms with E-state index in [4.69, 9.17) is 10.5 Å². The number of hydrogen-bond acceptors (Lipinski definition) is 3. The van der Waals surface area contributed by atoms with Crippen LogP contribution in [0.25, 0.3) is 0 Å². The zero-order valence-corrected chi connectivity index (χ0v) is 11.5. The average Bonchev–Trinajstić information content (AvgIpc) is 2.40. The summed E-state index contributed by atoms with van der Waals surface area (Å²) in [5.41, 5.74) is 7.74. The van der Waals surface area contributed by atoms with Crippen LogP contribution in [0.5, 0.6) is 5.75 Å². The van der Waals surface area contributed by atoms with Crippen LogP contribution in [0.4, 0.5) is 10.1 Å². The maximum absolute atomic E-state index is 12.7. The highest BCUT2D eigenvalue weighted by Gasteiger charge is 2.00. The van der Waals surface area contributed by atoms with Gasteiger partial charge in [-0.05, 0) is 48.9 Å². The minimum atomic E-state index is -0.253. The number of nitrogens with two attached hydrogens (primary N) is 1. The van der Waals surface area contributed by atoms with Gasteiger partial charge in [-0.25, -0.2) is 4.39 Å². The van der Waals surface area contributed by atoms with Crippen LogP contribution in [-0.2, 0) is 0 Å². The molecule has 0 saturated heterocycles. The quantitative estimate of drug-likeness (QED) is 0.511. The van der Waals surface area contributed by atoms with Crippen LogP contribution < -0.4 is 10.5 Å². The van der Waals surface area contributed by atoms with Crippen LogP contribution in [-0.4, -0.2) is 12.4 Å². The number of ether oxygens (including phenoxy) is 1. The topological polar surface area (TPSA) is 35.2 Å². The fourth-order valence-electron chi connectivity index (χ4n) is 1.61. The van der Waals surface area contributed by atoms with Gasteiger partial charge in [0.05, 0.1) is 6.61 Å². The monoisotopic (exact) mass is 277 g/mol. The Morgan fingerprint density at radius 1 is 1.16 bits per heavy atom. The molecule has 0 fully saturated rings. The molecule has 2 N–H and O–H groups in total. The summed E-state index contributed by atoms with van der Waals surface area (Å²) in [5, 5.41) is 0. The van der Waals surface area contributed by atoms with Crippen molar-refractivity contribution in [2.75, 3.05) is 18.1 Å². The van der Waals surface area contributed by atoms with Gasteiger partial charge in [0, 0.05) is 16.3 Å². The van der Waals surface area contributed by atoms with E-state index < -0.39 is 0 Å². The summed E-state index contributed by atoms with van der Waals surface area (Å²) in [4.78, 5) is 1.17. The fourth-order valence-corrected chi connectivity index (χ4v) is 2.52. The van der Waals surface area contributed by atoms with Crippen molar-refractivity contribution >= 4 is 17.4 Å². The van der Waals surface area contributed by atoms with Gasteiger partial charge in [0.25, 0.3) is 0 Å². The highest BCUT2D eigenvalue weighted by Crippen LogP contribution is 2.24. The third-order valence-corrected chi connectivity index (χ3v) is 3.76. The second-order valence-electron chi connectivity index (χ2n) is 4.18. The van der Waals surface area contributed by atoms with Gasteiger partial charge in [0.15, 0.2) is 0 Å². The standard InChI is InChI=1S/C15H16FNOS/c1-11-2-5-13(17)10-15(11)19-9-8-18-14-6-3-12(16)4-7-14/h2-7,10H,8-9,17H2,1H3. The Balaban J connectivity index is 1.80. The van der Waals surface area contributed by atoms with Gasteiger partial charge in [0.2, 0.25) is 0 Å². The highest BCUT2D eigenvalue weighted by molar-refractivity contribution is 7.99. The molecule has 0 saturated carbocycles. The van der Waals surface area contributed by atoms with E-state index in [1.807, 2.05) is 18.2 Å². The molecule has 0 heterocycles. The molecule has 2 aromatic rings. The Morgan fingerprint density at radius 2 is 1.89 bits per heavy atom. The number of halogens is 1. The molecule has 0 aliphatic heterocycles. The van der Waals surface area contributed by atoms with E-state index in [0.717, 1.165) is 11.4 Å². The molecule has 0 radical (unpaired) electrons. The second-order valence-corrected chi connectivity index (χ2v) is 5.31. The number of benzene rings is 2. The Morgan fingerprint density at radius 3 is 2.63 bits per heavy atom. The Hall–Kier alpha value is -1.68. The van der Waals surface area contributed by atoms with E-state index in [2.05, 4.69) is 6.92 Å². The second kappa shape index (κ2) is 6.48. The third-order valence-electron chi connectivity index (χ3n) is 2.64. The van der Waals surface area contributed by atoms with Gasteiger partial charge in [-0.3, -0.25) is 0 Å². The lowest BCUT2D eigenvalue weighted by Gasteiger charge is -2.08. The van der Waals surface area contributed by atoms with Crippen molar-refractivity contribution in [1.29, 1.82) is 0 Å². The van der Waals surface area contributed by atoms with Crippen LogP contribution in [0.3, 0.4) is 0 Å². The van der Waals surface area contributed by atoms with Gasteiger partial charge < -0.3 is 10.5 Å². The van der Waals surface area contributed by atoms with Crippen LogP contribution in [0.15, 0.2) is 47.4 Å². The van der Waals surface area contributed by atoms with Gasteiger partial charge in [-0.2, -0.15) is 0 Å². The summed E-state index contributed by atoms with van der Waals surface area (Å²) in [6, 6.07) is 11.9. The van der Waals surface area contributed by atoms with Crippen LogP contribution in [0.2, 0.25) is 0 Å². The molecular formula is C15H16FNOS. The van der Waals surface area contributed by atoms with Gasteiger partial charge in [-0.1, -0.05) is 6.07 Å². The first-order chi connectivity index (χ1) is 9.15. The predicted molar refractivity (Wildman–Crippen MR) is 78.2 cm³/mol. The Kier molecular flexibility index (Phi) is 4.68. The lowest BCUT2D eigenvalue weighted by molar-refractivity contribution is 0.343. The summed E-state index contributed by atoms with van der Waals surface area (Å²) >= 11 is 1.70. The lowest BCUT2D eigenvalue weighted by atomic mass is 10.2. The molecule has 2 aromatic carbocycles. The number of anilines is 1. The summed E-state index contributed by atoms with van der Waals surface area (Å²) in [6.45, 7) is 2.63. The van der Waals surface area contributed by atoms with Crippen molar-refractivity contribution in [3.05, 3.63) is 53.8 Å². The van der Waals surface area contributed by atoms with Crippen molar-refractivity contribution in [2.45, 2.75) is 11.8 Å². The van der Waals surface area contributed by atoms with Gasteiger partial charge in [0.1, 0.15) is 11.6 Å². The predicted octanol–water partition coefficient (Wildman–Crippen LogP) is 3.89. The molecule has 2 rings (SSSR count). The van der Waals surface area contributed by atoms with Crippen LogP contribution >= 0.6 is 11.8 Å². The number of rotatable bonds is 5. The average molecular weight is 277 g/mol. The third kappa shape index (κ3) is 4.17. The molecule has 0 unspecified atom stereocenters. The molecule has 4 heteroatoms. The minimum Gasteiger partial charge on any atom is -0.493 e. The smallest absolute Gasteiger partial charge is 0.123 e. The Bertz CT molecular complexity index is 542. The molecular weight excluding hydrogens is 261 g/mol. The largest absolute Gasteiger partial charge is 0.493 e. The zero-order chi connectivity index (χ0) is 13.7. The summed E-state index contributed by atoms with van der Waals surface area (Å²) in [7, 11) is 0. The van der Waals surface area contributed by atoms with E-state index in [1.165, 1.54) is 22.6 Å². The number of aryl methyl sites for hydroxylation is 1. The molecule has 19 heavy (non-hydrogen) atoms. The van der Waals surface area contributed by atoms with Gasteiger partial charge in [-0.15, -0.1) is 11.8 Å². The van der Waals surface area contributed by atoms with Crippen molar-refractivity contribution in [1.82, 2.24) is 0 Å². The minimum absolute atomic E-state index is 0.253. The van der Waals surface area contributed by atoms with Crippen molar-refractivity contribution < 1.29 is 9.13 Å². The molecule has 0 spiro atoms. The molecule has 0 atom stereocenters. The molecule has 0 amide bonds. The maximum atomic E-state index is 12.7. The highest BCUT2D eigenvalue weighted by atomic mass is 32.2. The number of thioether (sulfide) groups is 1. The van der Waals surface area contributed by atoms with E-state index in [0.29, 0.717) is 12.4 Å².